The Labute approximate surface area is 179 Å². The summed E-state index contributed by atoms with van der Waals surface area (Å²) < 4.78 is 33.0. The summed E-state index contributed by atoms with van der Waals surface area (Å²) in [6, 6.07) is 8.94. The fraction of sp³-hybridized carbons (Fsp3) is 0.333. The molecule has 0 saturated carbocycles. The van der Waals surface area contributed by atoms with E-state index in [1.165, 1.54) is 17.4 Å². The molecule has 1 unspecified atom stereocenters. The summed E-state index contributed by atoms with van der Waals surface area (Å²) in [6.07, 6.45) is 0. The summed E-state index contributed by atoms with van der Waals surface area (Å²) in [7, 11) is -2.62. The number of aromatic nitrogens is 2. The highest BCUT2D eigenvalue weighted by atomic mass is 32.2. The van der Waals surface area contributed by atoms with E-state index in [0.717, 1.165) is 16.0 Å². The summed E-state index contributed by atoms with van der Waals surface area (Å²) in [5, 5.41) is 7.89. The molecule has 2 N–H and O–H groups in total. The highest BCUT2D eigenvalue weighted by Crippen LogP contribution is 2.43. The second kappa shape index (κ2) is 6.75. The van der Waals surface area contributed by atoms with Gasteiger partial charge >= 0.3 is 0 Å². The topological polar surface area (TPSA) is 94.4 Å². The molecule has 3 aromatic rings. The second-order valence-corrected chi connectivity index (χ2v) is 12.2. The van der Waals surface area contributed by atoms with E-state index in [0.29, 0.717) is 16.7 Å². The Bertz CT molecular complexity index is 1270. The van der Waals surface area contributed by atoms with Crippen LogP contribution in [0.3, 0.4) is 0 Å². The third kappa shape index (κ3) is 3.26. The molecule has 3 heterocycles. The van der Waals surface area contributed by atoms with Crippen LogP contribution in [-0.4, -0.2) is 36.6 Å². The molecule has 2 aromatic heterocycles. The first kappa shape index (κ1) is 20.7. The highest BCUT2D eigenvalue weighted by molar-refractivity contribution is 8.02. The summed E-state index contributed by atoms with van der Waals surface area (Å²) in [5.74, 6) is 4.76. The quantitative estimate of drug-likeness (QED) is 0.614. The van der Waals surface area contributed by atoms with Gasteiger partial charge in [-0.25, -0.2) is 4.39 Å². The van der Waals surface area contributed by atoms with E-state index >= 15 is 4.39 Å². The molecule has 1 aromatic carbocycles. The molecule has 0 bridgehead atoms. The van der Waals surface area contributed by atoms with Crippen molar-refractivity contribution in [1.82, 2.24) is 10.2 Å². The Morgan fingerprint density at radius 2 is 1.93 bits per heavy atom. The number of benzene rings is 1. The number of halogens is 1. The van der Waals surface area contributed by atoms with Gasteiger partial charge in [-0.2, -0.15) is 0 Å². The van der Waals surface area contributed by atoms with Gasteiger partial charge in [0.1, 0.15) is 17.2 Å². The molecule has 0 radical (unpaired) electrons. The van der Waals surface area contributed by atoms with Crippen LogP contribution >= 0.6 is 11.3 Å². The molecule has 1 aliphatic rings. The molecule has 1 aliphatic heterocycles. The van der Waals surface area contributed by atoms with E-state index in [2.05, 4.69) is 21.1 Å². The molecule has 2 atom stereocenters. The van der Waals surface area contributed by atoms with Crippen LogP contribution in [0.2, 0.25) is 0 Å². The lowest BCUT2D eigenvalue weighted by molar-refractivity contribution is 0.506. The molecule has 6 nitrogen and oxygen atoms in total. The number of rotatable bonds is 3. The zero-order valence-electron chi connectivity index (χ0n) is 17.2. The lowest BCUT2D eigenvalue weighted by atomic mass is 10.0. The molecule has 0 amide bonds. The van der Waals surface area contributed by atoms with Crippen molar-refractivity contribution in [2.75, 3.05) is 5.75 Å². The number of aryl methyl sites for hydroxylation is 1. The van der Waals surface area contributed by atoms with Crippen molar-refractivity contribution in [2.24, 2.45) is 10.7 Å². The fourth-order valence-electron chi connectivity index (χ4n) is 3.47. The van der Waals surface area contributed by atoms with Crippen LogP contribution in [0.25, 0.3) is 21.9 Å². The Morgan fingerprint density at radius 3 is 2.57 bits per heavy atom. The minimum atomic E-state index is -2.62. The molecule has 4 rings (SSSR count). The maximum atomic E-state index is 15.1. The lowest BCUT2D eigenvalue weighted by Crippen LogP contribution is -2.54. The highest BCUT2D eigenvalue weighted by Gasteiger charge is 2.46. The number of hydrogen-bond donors (Lipinski definition) is 1. The van der Waals surface area contributed by atoms with Crippen molar-refractivity contribution in [1.29, 1.82) is 0 Å². The predicted molar refractivity (Wildman–Crippen MR) is 121 cm³/mol. The smallest absolute Gasteiger partial charge is 0.247 e. The monoisotopic (exact) mass is 446 g/mol. The van der Waals surface area contributed by atoms with Gasteiger partial charge in [0.05, 0.1) is 9.62 Å². The molecule has 9 heteroatoms. The minimum Gasteiger partial charge on any atom is -0.421 e. The number of amidine groups is 1. The Balaban J connectivity index is 1.77. The van der Waals surface area contributed by atoms with E-state index in [1.807, 2.05) is 24.3 Å². The number of aliphatic imine (C=N–C) groups is 1. The molecular formula is C21H23FN4O2S2. The maximum Gasteiger partial charge on any atom is 0.247 e. The largest absolute Gasteiger partial charge is 0.421 e. The van der Waals surface area contributed by atoms with Crippen LogP contribution in [0.15, 0.2) is 39.7 Å². The van der Waals surface area contributed by atoms with Gasteiger partial charge in [-0.05, 0) is 59.9 Å². The van der Waals surface area contributed by atoms with Gasteiger partial charge in [0.2, 0.25) is 11.8 Å². The molecular weight excluding hydrogens is 423 g/mol. The van der Waals surface area contributed by atoms with Crippen molar-refractivity contribution in [3.05, 3.63) is 46.9 Å². The number of thiophene rings is 1. The second-order valence-electron chi connectivity index (χ2n) is 8.23. The summed E-state index contributed by atoms with van der Waals surface area (Å²) in [6.45, 7) is 7.01. The van der Waals surface area contributed by atoms with E-state index in [9.17, 15) is 4.21 Å². The Hall–Kier alpha value is -2.52. The predicted octanol–water partition coefficient (Wildman–Crippen LogP) is 3.99. The van der Waals surface area contributed by atoms with Crippen LogP contribution < -0.4 is 5.73 Å². The van der Waals surface area contributed by atoms with Crippen LogP contribution in [0.4, 0.5) is 4.39 Å². The van der Waals surface area contributed by atoms with Gasteiger partial charge < -0.3 is 10.2 Å². The first-order valence-electron chi connectivity index (χ1n) is 9.34. The summed E-state index contributed by atoms with van der Waals surface area (Å²) in [4.78, 5) is 5.69. The van der Waals surface area contributed by atoms with Gasteiger partial charge in [-0.15, -0.1) is 21.5 Å². The average Bonchev–Trinajstić information content (AvgIpc) is 3.26. The lowest BCUT2D eigenvalue weighted by Gasteiger charge is -2.40. The van der Waals surface area contributed by atoms with Crippen LogP contribution in [0, 0.1) is 12.7 Å². The third-order valence-electron chi connectivity index (χ3n) is 5.52. The summed E-state index contributed by atoms with van der Waals surface area (Å²) in [5.41, 5.74) is 6.67. The third-order valence-corrected chi connectivity index (χ3v) is 10.0. The zero-order valence-corrected chi connectivity index (χ0v) is 18.9. The van der Waals surface area contributed by atoms with Crippen molar-refractivity contribution < 1.29 is 13.0 Å². The van der Waals surface area contributed by atoms with Crippen molar-refractivity contribution >= 4 is 32.6 Å². The van der Waals surface area contributed by atoms with E-state index < -0.39 is 25.6 Å². The van der Waals surface area contributed by atoms with E-state index in [4.69, 9.17) is 10.2 Å². The fourth-order valence-corrected chi connectivity index (χ4v) is 6.59. The molecule has 0 fully saturated rings. The first-order chi connectivity index (χ1) is 13.9. The SMILES string of the molecule is C=S1(=O)C[C@@](C)(c2sc(-c3cccc(-c4nnc(C)o4)c3)cc2F)N=C(N)C1(C)C. The zero-order chi connectivity index (χ0) is 21.9. The number of nitrogens with two attached hydrogens (primary N) is 1. The Morgan fingerprint density at radius 1 is 1.23 bits per heavy atom. The Kier molecular flexibility index (Phi) is 4.66. The maximum absolute atomic E-state index is 15.1. The minimum absolute atomic E-state index is 0.131. The van der Waals surface area contributed by atoms with Gasteiger partial charge in [0.15, 0.2) is 0 Å². The normalized spacial score (nSPS) is 25.8. The van der Waals surface area contributed by atoms with Gasteiger partial charge in [-0.1, -0.05) is 12.1 Å². The molecule has 158 valence electrons. The molecule has 0 saturated heterocycles. The molecule has 30 heavy (non-hydrogen) atoms. The number of hydrogen-bond acceptors (Lipinski definition) is 7. The first-order valence-corrected chi connectivity index (χ1v) is 12.1. The van der Waals surface area contributed by atoms with Crippen molar-refractivity contribution in [3.63, 3.8) is 0 Å². The van der Waals surface area contributed by atoms with E-state index in [-0.39, 0.29) is 11.6 Å². The summed E-state index contributed by atoms with van der Waals surface area (Å²) >= 11 is 1.27. The van der Waals surface area contributed by atoms with Gasteiger partial charge in [0.25, 0.3) is 0 Å². The van der Waals surface area contributed by atoms with Crippen LogP contribution in [-0.2, 0) is 15.1 Å². The van der Waals surface area contributed by atoms with Gasteiger partial charge in [0, 0.05) is 23.1 Å². The molecule has 0 aliphatic carbocycles. The standard InChI is InChI=1S/C21H23FN4O2S2/c1-12-25-26-18(28-12)14-8-6-7-13(9-14)16-10-15(22)17(29-16)21(4)11-30(5,27)20(2,3)19(23)24-21/h6-10H,5,11H2,1-4H3,(H2,23,24)/t21-,30?/m0/s1. The number of nitrogens with zero attached hydrogens (tertiary/aromatic N) is 3. The van der Waals surface area contributed by atoms with Crippen LogP contribution in [0.1, 0.15) is 31.5 Å². The average molecular weight is 447 g/mol. The van der Waals surface area contributed by atoms with E-state index in [1.54, 1.807) is 27.7 Å². The van der Waals surface area contributed by atoms with Gasteiger partial charge in [-0.3, -0.25) is 9.20 Å². The van der Waals surface area contributed by atoms with Crippen molar-refractivity contribution in [3.8, 4) is 21.9 Å². The van der Waals surface area contributed by atoms with Crippen molar-refractivity contribution in [2.45, 2.75) is 38.0 Å². The van der Waals surface area contributed by atoms with Crippen LogP contribution in [0.5, 0.6) is 0 Å². The molecule has 0 spiro atoms.